The van der Waals surface area contributed by atoms with E-state index in [-0.39, 0.29) is 29.5 Å². The van der Waals surface area contributed by atoms with Crippen LogP contribution in [0.4, 0.5) is 19.1 Å². The number of hydrogen-bond donors (Lipinski definition) is 3. The molecule has 0 radical (unpaired) electrons. The maximum Gasteiger partial charge on any atom is 0.429 e. The van der Waals surface area contributed by atoms with Crippen molar-refractivity contribution in [2.45, 2.75) is 24.7 Å². The van der Waals surface area contributed by atoms with Gasteiger partial charge in [-0.3, -0.25) is 4.79 Å². The number of aliphatic carboxylic acids is 1. The van der Waals surface area contributed by atoms with E-state index in [2.05, 4.69) is 19.9 Å². The van der Waals surface area contributed by atoms with E-state index < -0.39 is 24.3 Å². The number of nitrogens with two attached hydrogens (primary N) is 2. The van der Waals surface area contributed by atoms with Crippen LogP contribution in [-0.2, 0) is 11.2 Å². The molecule has 2 atom stereocenters. The maximum absolute atomic E-state index is 13.5. The summed E-state index contributed by atoms with van der Waals surface area (Å²) in [7, 11) is 0. The normalized spacial score (nSPS) is 13.4. The summed E-state index contributed by atoms with van der Waals surface area (Å²) in [6.07, 6.45) is -3.90. The van der Waals surface area contributed by atoms with Gasteiger partial charge in [-0.25, -0.2) is 15.0 Å². The molecule has 1 unspecified atom stereocenters. The number of halogens is 3. The van der Waals surface area contributed by atoms with Gasteiger partial charge in [0.25, 0.3) is 0 Å². The van der Waals surface area contributed by atoms with E-state index >= 15 is 0 Å². The highest BCUT2D eigenvalue weighted by Gasteiger charge is 2.44. The summed E-state index contributed by atoms with van der Waals surface area (Å²) in [5, 5.41) is 8.89. The van der Waals surface area contributed by atoms with E-state index in [1.807, 2.05) is 0 Å². The predicted octanol–water partition coefficient (Wildman–Crippen LogP) is 2.15. The number of carbonyl (C=O) groups is 1. The van der Waals surface area contributed by atoms with Crippen molar-refractivity contribution in [2.24, 2.45) is 5.73 Å². The summed E-state index contributed by atoms with van der Waals surface area (Å²) in [6, 6.07) is 6.66. The van der Waals surface area contributed by atoms with E-state index in [1.165, 1.54) is 6.07 Å². The lowest BCUT2D eigenvalue weighted by molar-refractivity contribution is -0.198. The average molecular weight is 434 g/mol. The van der Waals surface area contributed by atoms with Gasteiger partial charge >= 0.3 is 12.1 Å². The number of rotatable bonds is 7. The van der Waals surface area contributed by atoms with Crippen LogP contribution in [0.5, 0.6) is 5.88 Å². The lowest BCUT2D eigenvalue weighted by atomic mass is 10.0. The van der Waals surface area contributed by atoms with E-state index in [0.29, 0.717) is 11.1 Å². The van der Waals surface area contributed by atoms with Gasteiger partial charge in [0.05, 0.1) is 5.69 Å². The summed E-state index contributed by atoms with van der Waals surface area (Å²) in [5.74, 6) is -1.79. The fourth-order valence-corrected chi connectivity index (χ4v) is 2.69. The lowest BCUT2D eigenvalue weighted by Gasteiger charge is -2.21. The van der Waals surface area contributed by atoms with Gasteiger partial charge in [0, 0.05) is 29.6 Å². The van der Waals surface area contributed by atoms with Crippen LogP contribution in [0.15, 0.2) is 49.1 Å². The van der Waals surface area contributed by atoms with Gasteiger partial charge in [0.1, 0.15) is 12.4 Å². The predicted molar refractivity (Wildman–Crippen MR) is 103 cm³/mol. The van der Waals surface area contributed by atoms with E-state index in [4.69, 9.17) is 21.3 Å². The van der Waals surface area contributed by atoms with Crippen molar-refractivity contribution in [1.82, 2.24) is 19.9 Å². The number of hydrogen-bond acceptors (Lipinski definition) is 8. The quantitative estimate of drug-likeness (QED) is 0.508. The first-order valence-electron chi connectivity index (χ1n) is 8.84. The van der Waals surface area contributed by atoms with Crippen LogP contribution in [0.2, 0.25) is 0 Å². The molecule has 0 amide bonds. The highest BCUT2D eigenvalue weighted by Crippen LogP contribution is 2.36. The number of alkyl halides is 3. The molecule has 1 aromatic carbocycles. The Labute approximate surface area is 173 Å². The van der Waals surface area contributed by atoms with Gasteiger partial charge in [-0.15, -0.1) is 0 Å². The second-order valence-electron chi connectivity index (χ2n) is 6.51. The van der Waals surface area contributed by atoms with Gasteiger partial charge in [-0.1, -0.05) is 24.3 Å². The number of carboxylic acid groups (broad SMARTS) is 1. The first-order valence-corrected chi connectivity index (χ1v) is 8.84. The van der Waals surface area contributed by atoms with Crippen LogP contribution in [0, 0.1) is 0 Å². The number of aromatic nitrogens is 4. The number of benzene rings is 1. The van der Waals surface area contributed by atoms with E-state index in [9.17, 15) is 18.0 Å². The summed E-state index contributed by atoms with van der Waals surface area (Å²) in [5.41, 5.74) is 12.3. The molecule has 0 fully saturated rings. The van der Waals surface area contributed by atoms with Crippen molar-refractivity contribution in [3.05, 3.63) is 60.2 Å². The third-order valence-corrected chi connectivity index (χ3v) is 4.16. The Morgan fingerprint density at radius 1 is 1.13 bits per heavy atom. The second kappa shape index (κ2) is 8.92. The van der Waals surface area contributed by atoms with Crippen LogP contribution in [-0.4, -0.2) is 43.2 Å². The molecule has 0 saturated carbocycles. The number of nitrogens with zero attached hydrogens (tertiary/aromatic N) is 4. The molecule has 162 valence electrons. The Hall–Kier alpha value is -3.80. The zero-order chi connectivity index (χ0) is 22.6. The van der Waals surface area contributed by atoms with Crippen molar-refractivity contribution in [1.29, 1.82) is 0 Å². The highest BCUT2D eigenvalue weighted by molar-refractivity contribution is 5.73. The maximum atomic E-state index is 13.5. The number of ether oxygens (including phenoxy) is 1. The molecule has 0 aliphatic heterocycles. The highest BCUT2D eigenvalue weighted by atomic mass is 19.4. The van der Waals surface area contributed by atoms with Gasteiger partial charge in [0.15, 0.2) is 0 Å². The fourth-order valence-electron chi connectivity index (χ4n) is 2.69. The minimum Gasteiger partial charge on any atom is -0.480 e. The molecule has 2 heterocycles. The van der Waals surface area contributed by atoms with Crippen LogP contribution in [0.25, 0.3) is 11.3 Å². The Morgan fingerprint density at radius 2 is 1.77 bits per heavy atom. The Kier molecular flexibility index (Phi) is 6.30. The van der Waals surface area contributed by atoms with Gasteiger partial charge in [0.2, 0.25) is 17.9 Å². The standard InChI is InChI=1S/C19H17F3N6O3/c20-19(21,22)16(12-7-25-9-26-8-12)31-15-6-14(27-18(24)28-15)11-3-1-10(2-4-11)5-13(23)17(29)30/h1-4,6-9,13,16H,5,23H2,(H,29,30)(H2,24,27,28)/t13-,16?/m0/s1. The molecule has 9 nitrogen and oxygen atoms in total. The molecule has 0 saturated heterocycles. The molecule has 3 aromatic rings. The Bertz CT molecular complexity index is 1050. The van der Waals surface area contributed by atoms with Crippen LogP contribution < -0.4 is 16.2 Å². The monoisotopic (exact) mass is 434 g/mol. The molecule has 3 rings (SSSR count). The summed E-state index contributed by atoms with van der Waals surface area (Å²) in [6.45, 7) is 0. The zero-order valence-electron chi connectivity index (χ0n) is 15.8. The van der Waals surface area contributed by atoms with Crippen LogP contribution in [0.3, 0.4) is 0 Å². The van der Waals surface area contributed by atoms with E-state index in [0.717, 1.165) is 18.7 Å². The average Bonchev–Trinajstić information content (AvgIpc) is 2.72. The third kappa shape index (κ3) is 5.63. The van der Waals surface area contributed by atoms with Crippen molar-refractivity contribution in [2.75, 3.05) is 5.73 Å². The van der Waals surface area contributed by atoms with Gasteiger partial charge in [-0.05, 0) is 12.0 Å². The lowest BCUT2D eigenvalue weighted by Crippen LogP contribution is -2.32. The molecule has 31 heavy (non-hydrogen) atoms. The van der Waals surface area contributed by atoms with Gasteiger partial charge < -0.3 is 21.3 Å². The summed E-state index contributed by atoms with van der Waals surface area (Å²) < 4.78 is 45.6. The van der Waals surface area contributed by atoms with Crippen molar-refractivity contribution < 1.29 is 27.8 Å². The SMILES string of the molecule is Nc1nc(OC(c2cncnc2)C(F)(F)F)cc(-c2ccc(C[C@H](N)C(=O)O)cc2)n1. The van der Waals surface area contributed by atoms with Gasteiger partial charge in [-0.2, -0.15) is 18.2 Å². The number of nitrogen functional groups attached to an aromatic ring is 1. The molecule has 0 spiro atoms. The minimum atomic E-state index is -4.75. The first kappa shape index (κ1) is 21.9. The number of anilines is 1. The third-order valence-electron chi connectivity index (χ3n) is 4.16. The molecule has 0 aliphatic carbocycles. The van der Waals surface area contributed by atoms with Crippen molar-refractivity contribution in [3.63, 3.8) is 0 Å². The van der Waals surface area contributed by atoms with Crippen LogP contribution >= 0.6 is 0 Å². The summed E-state index contributed by atoms with van der Waals surface area (Å²) in [4.78, 5) is 25.8. The largest absolute Gasteiger partial charge is 0.480 e. The molecule has 0 aliphatic rings. The Balaban J connectivity index is 1.87. The minimum absolute atomic E-state index is 0.113. The fraction of sp³-hybridized carbons (Fsp3) is 0.211. The molecule has 5 N–H and O–H groups in total. The molecular formula is C19H17F3N6O3. The topological polar surface area (TPSA) is 150 Å². The molecule has 2 aromatic heterocycles. The smallest absolute Gasteiger partial charge is 0.429 e. The second-order valence-corrected chi connectivity index (χ2v) is 6.51. The number of carboxylic acids is 1. The first-order chi connectivity index (χ1) is 14.6. The Morgan fingerprint density at radius 3 is 2.35 bits per heavy atom. The van der Waals surface area contributed by atoms with E-state index in [1.54, 1.807) is 24.3 Å². The summed E-state index contributed by atoms with van der Waals surface area (Å²) >= 11 is 0. The van der Waals surface area contributed by atoms with Crippen molar-refractivity contribution in [3.8, 4) is 17.1 Å². The molecule has 12 heteroatoms. The van der Waals surface area contributed by atoms with Crippen molar-refractivity contribution >= 4 is 11.9 Å². The molecular weight excluding hydrogens is 417 g/mol. The molecule has 0 bridgehead atoms. The zero-order valence-corrected chi connectivity index (χ0v) is 15.8. The van der Waals surface area contributed by atoms with Crippen LogP contribution in [0.1, 0.15) is 17.2 Å².